The molecular formula is C22H26ClN3O3. The monoisotopic (exact) mass is 415 g/mol. The molecule has 0 saturated carbocycles. The molecule has 1 saturated heterocycles. The van der Waals surface area contributed by atoms with Gasteiger partial charge in [0.05, 0.1) is 12.2 Å². The van der Waals surface area contributed by atoms with Crippen LogP contribution in [0.25, 0.3) is 12.2 Å². The molecule has 154 valence electrons. The van der Waals surface area contributed by atoms with E-state index in [0.29, 0.717) is 24.1 Å². The second-order valence-corrected chi connectivity index (χ2v) is 8.30. The van der Waals surface area contributed by atoms with E-state index < -0.39 is 5.60 Å². The first-order valence-corrected chi connectivity index (χ1v) is 10.1. The summed E-state index contributed by atoms with van der Waals surface area (Å²) in [6.07, 6.45) is 10.4. The molecule has 1 aliphatic heterocycles. The summed E-state index contributed by atoms with van der Waals surface area (Å²) in [5, 5.41) is 0.402. The van der Waals surface area contributed by atoms with E-state index in [-0.39, 0.29) is 12.1 Å². The smallest absolute Gasteiger partial charge is 0.410 e. The van der Waals surface area contributed by atoms with Crippen LogP contribution in [0.1, 0.15) is 44.7 Å². The van der Waals surface area contributed by atoms with E-state index in [0.717, 1.165) is 24.0 Å². The molecule has 1 fully saturated rings. The number of nitrogens with zero attached hydrogens (tertiary/aromatic N) is 3. The zero-order valence-corrected chi connectivity index (χ0v) is 17.7. The van der Waals surface area contributed by atoms with Gasteiger partial charge in [-0.15, -0.1) is 0 Å². The lowest BCUT2D eigenvalue weighted by Gasteiger charge is -2.28. The van der Waals surface area contributed by atoms with Crippen LogP contribution >= 0.6 is 11.6 Å². The molecule has 0 aliphatic carbocycles. The minimum atomic E-state index is -0.513. The molecule has 1 atom stereocenters. The molecule has 0 unspecified atom stereocenters. The van der Waals surface area contributed by atoms with Crippen molar-refractivity contribution in [2.75, 3.05) is 13.2 Å². The van der Waals surface area contributed by atoms with Crippen LogP contribution in [-0.4, -0.2) is 45.8 Å². The van der Waals surface area contributed by atoms with Crippen LogP contribution in [0, 0.1) is 0 Å². The van der Waals surface area contributed by atoms with Gasteiger partial charge in [-0.3, -0.25) is 4.98 Å². The Bertz CT molecular complexity index is 865. The maximum Gasteiger partial charge on any atom is 0.410 e. The predicted molar refractivity (Wildman–Crippen MR) is 114 cm³/mol. The average molecular weight is 416 g/mol. The van der Waals surface area contributed by atoms with E-state index in [9.17, 15) is 4.79 Å². The summed E-state index contributed by atoms with van der Waals surface area (Å²) in [4.78, 5) is 22.4. The number of amides is 1. The number of hydrogen-bond acceptors (Lipinski definition) is 5. The third-order valence-electron chi connectivity index (χ3n) is 4.45. The van der Waals surface area contributed by atoms with Gasteiger partial charge in [0.1, 0.15) is 23.1 Å². The molecule has 1 amide bonds. The topological polar surface area (TPSA) is 64.5 Å². The number of carbonyl (C=O) groups is 1. The molecule has 0 N–H and O–H groups in total. The zero-order valence-electron chi connectivity index (χ0n) is 17.0. The molecule has 2 aromatic rings. The van der Waals surface area contributed by atoms with E-state index in [1.807, 2.05) is 51.1 Å². The Balaban J connectivity index is 1.63. The van der Waals surface area contributed by atoms with Gasteiger partial charge >= 0.3 is 6.09 Å². The fourth-order valence-corrected chi connectivity index (χ4v) is 3.23. The molecular weight excluding hydrogens is 390 g/mol. The van der Waals surface area contributed by atoms with Crippen molar-refractivity contribution in [1.29, 1.82) is 0 Å². The molecule has 1 aliphatic rings. The fraction of sp³-hybridized carbons (Fsp3) is 0.409. The Kier molecular flexibility index (Phi) is 6.75. The summed E-state index contributed by atoms with van der Waals surface area (Å²) in [5.41, 5.74) is 1.26. The normalized spacial score (nSPS) is 17.0. The molecule has 29 heavy (non-hydrogen) atoms. The Morgan fingerprint density at radius 2 is 2.07 bits per heavy atom. The van der Waals surface area contributed by atoms with Crippen molar-refractivity contribution in [3.8, 4) is 5.75 Å². The van der Waals surface area contributed by atoms with Crippen LogP contribution in [0.4, 0.5) is 4.79 Å². The number of ether oxygens (including phenoxy) is 2. The molecule has 3 heterocycles. The quantitative estimate of drug-likeness (QED) is 0.637. The highest BCUT2D eigenvalue weighted by atomic mass is 35.5. The van der Waals surface area contributed by atoms with Gasteiger partial charge in [-0.25, -0.2) is 9.78 Å². The third kappa shape index (κ3) is 6.19. The highest BCUT2D eigenvalue weighted by Gasteiger charge is 2.32. The highest BCUT2D eigenvalue weighted by molar-refractivity contribution is 6.31. The number of pyridine rings is 2. The summed E-state index contributed by atoms with van der Waals surface area (Å²) >= 11 is 6.22. The lowest BCUT2D eigenvalue weighted by molar-refractivity contribution is 0.0187. The molecule has 7 heteroatoms. The molecule has 0 radical (unpaired) electrons. The Morgan fingerprint density at radius 3 is 2.79 bits per heavy atom. The van der Waals surface area contributed by atoms with Gasteiger partial charge in [0.25, 0.3) is 0 Å². The third-order valence-corrected chi connectivity index (χ3v) is 4.77. The summed E-state index contributed by atoms with van der Waals surface area (Å²) < 4.78 is 11.4. The minimum Gasteiger partial charge on any atom is -0.490 e. The van der Waals surface area contributed by atoms with Gasteiger partial charge in [-0.1, -0.05) is 23.8 Å². The molecule has 3 rings (SSSR count). The van der Waals surface area contributed by atoms with Gasteiger partial charge in [-0.05, 0) is 57.4 Å². The number of hydrogen-bond donors (Lipinski definition) is 0. The fourth-order valence-electron chi connectivity index (χ4n) is 3.06. The van der Waals surface area contributed by atoms with Crippen LogP contribution < -0.4 is 4.74 Å². The van der Waals surface area contributed by atoms with Crippen molar-refractivity contribution < 1.29 is 14.3 Å². The molecule has 2 aromatic heterocycles. The van der Waals surface area contributed by atoms with Gasteiger partial charge in [0, 0.05) is 24.5 Å². The van der Waals surface area contributed by atoms with Gasteiger partial charge < -0.3 is 14.4 Å². The number of rotatable bonds is 5. The first-order chi connectivity index (χ1) is 13.8. The van der Waals surface area contributed by atoms with E-state index in [4.69, 9.17) is 21.1 Å². The predicted octanol–water partition coefficient (Wildman–Crippen LogP) is 5.08. The standard InChI is InChI=1S/C22H26ClN3O3/c1-22(2,3)29-21(27)26-12-4-5-18(26)15-28-19-13-17(20(23)25-14-19)7-6-16-8-10-24-11-9-16/h6-11,13-14,18H,4-5,12,15H2,1-3H3/b7-6+/t18-/m0/s1. The largest absolute Gasteiger partial charge is 0.490 e. The number of carbonyl (C=O) groups excluding carboxylic acids is 1. The molecule has 0 aromatic carbocycles. The summed E-state index contributed by atoms with van der Waals surface area (Å²) in [5.74, 6) is 0.611. The van der Waals surface area contributed by atoms with Crippen molar-refractivity contribution in [3.63, 3.8) is 0 Å². The van der Waals surface area contributed by atoms with Crippen molar-refractivity contribution in [2.24, 2.45) is 0 Å². The van der Waals surface area contributed by atoms with Crippen molar-refractivity contribution in [2.45, 2.75) is 45.3 Å². The van der Waals surface area contributed by atoms with Crippen molar-refractivity contribution >= 4 is 29.8 Å². The number of aromatic nitrogens is 2. The Morgan fingerprint density at radius 1 is 1.31 bits per heavy atom. The van der Waals surface area contributed by atoms with Crippen molar-refractivity contribution in [3.05, 3.63) is 53.1 Å². The molecule has 6 nitrogen and oxygen atoms in total. The van der Waals surface area contributed by atoms with Crippen molar-refractivity contribution in [1.82, 2.24) is 14.9 Å². The van der Waals surface area contributed by atoms with Crippen LogP contribution in [0.3, 0.4) is 0 Å². The summed E-state index contributed by atoms with van der Waals surface area (Å²) in [7, 11) is 0. The zero-order chi connectivity index (χ0) is 20.9. The number of halogens is 1. The van der Waals surface area contributed by atoms with Crippen LogP contribution in [0.5, 0.6) is 5.75 Å². The first-order valence-electron chi connectivity index (χ1n) is 9.68. The lowest BCUT2D eigenvalue weighted by atomic mass is 10.2. The maximum atomic E-state index is 12.4. The average Bonchev–Trinajstić information content (AvgIpc) is 3.15. The Labute approximate surface area is 176 Å². The van der Waals surface area contributed by atoms with E-state index in [1.54, 1.807) is 23.5 Å². The van der Waals surface area contributed by atoms with Crippen LogP contribution in [0.15, 0.2) is 36.8 Å². The summed E-state index contributed by atoms with van der Waals surface area (Å²) in [6, 6.07) is 5.64. The van der Waals surface area contributed by atoms with Gasteiger partial charge in [0.15, 0.2) is 0 Å². The first kappa shape index (κ1) is 21.1. The Hall–Kier alpha value is -2.60. The molecule has 0 bridgehead atoms. The second-order valence-electron chi connectivity index (χ2n) is 7.95. The summed E-state index contributed by atoms with van der Waals surface area (Å²) in [6.45, 7) is 6.67. The maximum absolute atomic E-state index is 12.4. The SMILES string of the molecule is CC(C)(C)OC(=O)N1CCC[C@H]1COc1cnc(Cl)c(/C=C/c2ccncc2)c1. The van der Waals surface area contributed by atoms with Crippen LogP contribution in [-0.2, 0) is 4.74 Å². The van der Waals surface area contributed by atoms with Gasteiger partial charge in [0.2, 0.25) is 0 Å². The van der Waals surface area contributed by atoms with E-state index >= 15 is 0 Å². The van der Waals surface area contributed by atoms with Gasteiger partial charge in [-0.2, -0.15) is 0 Å². The minimum absolute atomic E-state index is 0.0173. The van der Waals surface area contributed by atoms with E-state index in [1.165, 1.54) is 0 Å². The van der Waals surface area contributed by atoms with Crippen LogP contribution in [0.2, 0.25) is 5.15 Å². The van der Waals surface area contributed by atoms with E-state index in [2.05, 4.69) is 9.97 Å². The lowest BCUT2D eigenvalue weighted by Crippen LogP contribution is -2.42. The highest BCUT2D eigenvalue weighted by Crippen LogP contribution is 2.24. The number of likely N-dealkylation sites (tertiary alicyclic amines) is 1. The molecule has 0 spiro atoms. The second kappa shape index (κ2) is 9.27.